The fourth-order valence-corrected chi connectivity index (χ4v) is 2.41. The Morgan fingerprint density at radius 3 is 2.14 bits per heavy atom. The van der Waals surface area contributed by atoms with E-state index in [0.717, 1.165) is 5.69 Å². The van der Waals surface area contributed by atoms with Crippen molar-refractivity contribution in [2.75, 3.05) is 24.3 Å². The van der Waals surface area contributed by atoms with Gasteiger partial charge in [-0.15, -0.1) is 0 Å². The van der Waals surface area contributed by atoms with Crippen molar-refractivity contribution in [3.8, 4) is 5.75 Å². The summed E-state index contributed by atoms with van der Waals surface area (Å²) in [5.74, 6) is -0.592. The van der Waals surface area contributed by atoms with Gasteiger partial charge >= 0.3 is 5.97 Å². The molecule has 1 N–H and O–H groups in total. The molecule has 0 heterocycles. The Bertz CT molecular complexity index is 817. The third-order valence-electron chi connectivity index (χ3n) is 3.98. The van der Waals surface area contributed by atoms with Gasteiger partial charge in [-0.1, -0.05) is 11.6 Å². The Morgan fingerprint density at radius 2 is 1.61 bits per heavy atom. The Kier molecular flexibility index (Phi) is 6.91. The number of halogens is 1. The zero-order chi connectivity index (χ0) is 20.9. The molecule has 0 aliphatic heterocycles. The summed E-state index contributed by atoms with van der Waals surface area (Å²) < 4.78 is 11.0. The van der Waals surface area contributed by atoms with Crippen LogP contribution in [0.15, 0.2) is 48.5 Å². The van der Waals surface area contributed by atoms with Gasteiger partial charge in [0, 0.05) is 30.5 Å². The minimum atomic E-state index is -1.27. The molecule has 7 heteroatoms. The Hall–Kier alpha value is -2.73. The number of benzene rings is 2. The quantitative estimate of drug-likeness (QED) is 0.702. The first kappa shape index (κ1) is 21.6. The SMILES string of the molecule is C[C@H](OC(=O)C(C)(C)Oc1ccc(Cl)cc1)C(=O)Nc1ccc(N(C)C)cc1. The molecule has 0 saturated carbocycles. The lowest BCUT2D eigenvalue weighted by molar-refractivity contribution is -0.166. The van der Waals surface area contributed by atoms with E-state index in [1.807, 2.05) is 31.1 Å². The van der Waals surface area contributed by atoms with Crippen molar-refractivity contribution in [1.82, 2.24) is 0 Å². The second-order valence-corrected chi connectivity index (χ2v) is 7.48. The van der Waals surface area contributed by atoms with Crippen LogP contribution in [0.3, 0.4) is 0 Å². The Balaban J connectivity index is 1.94. The number of anilines is 2. The Labute approximate surface area is 170 Å². The average Bonchev–Trinajstić information content (AvgIpc) is 2.63. The monoisotopic (exact) mass is 404 g/mol. The third-order valence-corrected chi connectivity index (χ3v) is 4.23. The third kappa shape index (κ3) is 5.89. The molecular formula is C21H25ClN2O4. The summed E-state index contributed by atoms with van der Waals surface area (Å²) in [6, 6.07) is 14.0. The lowest BCUT2D eigenvalue weighted by Gasteiger charge is -2.26. The van der Waals surface area contributed by atoms with Gasteiger partial charge in [-0.2, -0.15) is 0 Å². The maximum Gasteiger partial charge on any atom is 0.350 e. The number of esters is 1. The smallest absolute Gasteiger partial charge is 0.350 e. The van der Waals surface area contributed by atoms with Gasteiger partial charge in [0.1, 0.15) is 5.75 Å². The van der Waals surface area contributed by atoms with Crippen molar-refractivity contribution in [3.05, 3.63) is 53.6 Å². The zero-order valence-corrected chi connectivity index (χ0v) is 17.4. The highest BCUT2D eigenvalue weighted by molar-refractivity contribution is 6.30. The van der Waals surface area contributed by atoms with E-state index in [-0.39, 0.29) is 0 Å². The minimum Gasteiger partial charge on any atom is -0.476 e. The van der Waals surface area contributed by atoms with Crippen molar-refractivity contribution in [3.63, 3.8) is 0 Å². The first-order valence-electron chi connectivity index (χ1n) is 8.82. The molecule has 0 saturated heterocycles. The van der Waals surface area contributed by atoms with Crippen molar-refractivity contribution >= 4 is 34.9 Å². The van der Waals surface area contributed by atoms with Crippen LogP contribution in [-0.4, -0.2) is 37.7 Å². The van der Waals surface area contributed by atoms with Gasteiger partial charge in [-0.3, -0.25) is 4.79 Å². The maximum atomic E-state index is 12.5. The number of carbonyl (C=O) groups excluding carboxylic acids is 2. The van der Waals surface area contributed by atoms with E-state index < -0.39 is 23.6 Å². The van der Waals surface area contributed by atoms with E-state index in [4.69, 9.17) is 21.1 Å². The summed E-state index contributed by atoms with van der Waals surface area (Å²) in [6.07, 6.45) is -0.978. The van der Waals surface area contributed by atoms with Crippen LogP contribution in [0.4, 0.5) is 11.4 Å². The molecule has 0 spiro atoms. The van der Waals surface area contributed by atoms with Crippen molar-refractivity contribution in [1.29, 1.82) is 0 Å². The van der Waals surface area contributed by atoms with Crippen LogP contribution in [0.1, 0.15) is 20.8 Å². The van der Waals surface area contributed by atoms with Crippen molar-refractivity contribution < 1.29 is 19.1 Å². The first-order chi connectivity index (χ1) is 13.1. The highest BCUT2D eigenvalue weighted by atomic mass is 35.5. The summed E-state index contributed by atoms with van der Waals surface area (Å²) in [5, 5.41) is 3.30. The molecule has 6 nitrogen and oxygen atoms in total. The molecule has 2 aromatic rings. The van der Waals surface area contributed by atoms with E-state index in [1.54, 1.807) is 50.2 Å². The summed E-state index contributed by atoms with van der Waals surface area (Å²) in [4.78, 5) is 26.8. The van der Waals surface area contributed by atoms with Crippen LogP contribution in [-0.2, 0) is 14.3 Å². The van der Waals surface area contributed by atoms with E-state index in [0.29, 0.717) is 16.5 Å². The fraction of sp³-hybridized carbons (Fsp3) is 0.333. The van der Waals surface area contributed by atoms with Gasteiger partial charge in [0.05, 0.1) is 0 Å². The van der Waals surface area contributed by atoms with Gasteiger partial charge in [0.15, 0.2) is 11.7 Å². The molecule has 0 unspecified atom stereocenters. The molecule has 1 amide bonds. The summed E-state index contributed by atoms with van der Waals surface area (Å²) in [5.41, 5.74) is 0.365. The molecule has 150 valence electrons. The van der Waals surface area contributed by atoms with Crippen molar-refractivity contribution in [2.45, 2.75) is 32.5 Å². The fourth-order valence-electron chi connectivity index (χ4n) is 2.28. The number of rotatable bonds is 7. The van der Waals surface area contributed by atoms with Crippen LogP contribution < -0.4 is 15.0 Å². The second kappa shape index (κ2) is 8.97. The zero-order valence-electron chi connectivity index (χ0n) is 16.7. The molecule has 0 aliphatic carbocycles. The molecule has 0 aromatic heterocycles. The van der Waals surface area contributed by atoms with E-state index in [9.17, 15) is 9.59 Å². The van der Waals surface area contributed by atoms with Gasteiger partial charge in [0.2, 0.25) is 0 Å². The van der Waals surface area contributed by atoms with Crippen LogP contribution in [0.5, 0.6) is 5.75 Å². The summed E-state index contributed by atoms with van der Waals surface area (Å²) in [6.45, 7) is 4.67. The van der Waals surface area contributed by atoms with Gasteiger partial charge in [0.25, 0.3) is 5.91 Å². The number of ether oxygens (including phenoxy) is 2. The number of amides is 1. The van der Waals surface area contributed by atoms with Crippen LogP contribution >= 0.6 is 11.6 Å². The topological polar surface area (TPSA) is 67.9 Å². The van der Waals surface area contributed by atoms with Gasteiger partial charge in [-0.05, 0) is 69.3 Å². The number of nitrogens with one attached hydrogen (secondary N) is 1. The predicted octanol–water partition coefficient (Wildman–Crippen LogP) is 4.13. The molecule has 2 aromatic carbocycles. The maximum absolute atomic E-state index is 12.5. The number of carbonyl (C=O) groups is 2. The first-order valence-corrected chi connectivity index (χ1v) is 9.20. The normalized spacial score (nSPS) is 12.1. The molecule has 2 rings (SSSR count). The molecule has 0 radical (unpaired) electrons. The lowest BCUT2D eigenvalue weighted by atomic mass is 10.1. The van der Waals surface area contributed by atoms with Crippen LogP contribution in [0.2, 0.25) is 5.02 Å². The second-order valence-electron chi connectivity index (χ2n) is 7.04. The van der Waals surface area contributed by atoms with Crippen molar-refractivity contribution in [2.24, 2.45) is 0 Å². The summed E-state index contributed by atoms with van der Waals surface area (Å²) in [7, 11) is 3.87. The molecule has 28 heavy (non-hydrogen) atoms. The minimum absolute atomic E-state index is 0.423. The summed E-state index contributed by atoms with van der Waals surface area (Å²) >= 11 is 5.85. The van der Waals surface area contributed by atoms with E-state index >= 15 is 0 Å². The number of hydrogen-bond donors (Lipinski definition) is 1. The molecule has 1 atom stereocenters. The predicted molar refractivity (Wildman–Crippen MR) is 111 cm³/mol. The van der Waals surface area contributed by atoms with E-state index in [2.05, 4.69) is 5.32 Å². The largest absolute Gasteiger partial charge is 0.476 e. The highest BCUT2D eigenvalue weighted by Crippen LogP contribution is 2.22. The van der Waals surface area contributed by atoms with Gasteiger partial charge < -0.3 is 19.7 Å². The average molecular weight is 405 g/mol. The molecule has 0 fully saturated rings. The number of hydrogen-bond acceptors (Lipinski definition) is 5. The highest BCUT2D eigenvalue weighted by Gasteiger charge is 2.34. The molecular weight excluding hydrogens is 380 g/mol. The molecule has 0 bridgehead atoms. The number of nitrogens with zero attached hydrogens (tertiary/aromatic N) is 1. The van der Waals surface area contributed by atoms with Crippen LogP contribution in [0.25, 0.3) is 0 Å². The van der Waals surface area contributed by atoms with Gasteiger partial charge in [-0.25, -0.2) is 4.79 Å². The van der Waals surface area contributed by atoms with Crippen LogP contribution in [0, 0.1) is 0 Å². The lowest BCUT2D eigenvalue weighted by Crippen LogP contribution is -2.43. The molecule has 0 aliphatic rings. The Morgan fingerprint density at radius 1 is 1.04 bits per heavy atom. The standard InChI is InChI=1S/C21H25ClN2O4/c1-14(19(25)23-16-8-10-17(11-9-16)24(4)5)27-20(26)21(2,3)28-18-12-6-15(22)7-13-18/h6-14H,1-5H3,(H,23,25)/t14-/m0/s1. The van der Waals surface area contributed by atoms with E-state index in [1.165, 1.54) is 6.92 Å².